The van der Waals surface area contributed by atoms with Gasteiger partial charge in [0.15, 0.2) is 0 Å². The highest BCUT2D eigenvalue weighted by molar-refractivity contribution is 5.93. The summed E-state index contributed by atoms with van der Waals surface area (Å²) in [6.45, 7) is 4.12. The number of rotatable bonds is 5. The Morgan fingerprint density at radius 3 is 2.81 bits per heavy atom. The lowest BCUT2D eigenvalue weighted by molar-refractivity contribution is 0.219. The molecule has 1 aliphatic heterocycles. The summed E-state index contributed by atoms with van der Waals surface area (Å²) in [5, 5.41) is 18.2. The molecule has 7 nitrogen and oxygen atoms in total. The summed E-state index contributed by atoms with van der Waals surface area (Å²) >= 11 is 0. The van der Waals surface area contributed by atoms with E-state index in [0.29, 0.717) is 6.54 Å². The van der Waals surface area contributed by atoms with Crippen LogP contribution in [0.25, 0.3) is 33.1 Å². The largest absolute Gasteiger partial charge is 0.357 e. The third-order valence-electron chi connectivity index (χ3n) is 6.23. The maximum absolute atomic E-state index is 4.40. The van der Waals surface area contributed by atoms with Crippen molar-refractivity contribution in [2.24, 2.45) is 0 Å². The summed E-state index contributed by atoms with van der Waals surface area (Å²) in [7, 11) is 0. The molecule has 0 bridgehead atoms. The molecule has 1 saturated heterocycles. The fraction of sp³-hybridized carbons (Fsp3) is 0.292. The second-order valence-corrected chi connectivity index (χ2v) is 8.49. The average Bonchev–Trinajstić information content (AvgIpc) is 3.53. The molecule has 2 aromatic carbocycles. The van der Waals surface area contributed by atoms with Crippen LogP contribution < -0.4 is 0 Å². The second kappa shape index (κ2) is 7.67. The van der Waals surface area contributed by atoms with Crippen LogP contribution in [0.3, 0.4) is 0 Å². The standard InChI is InChI=1S/C24H25N7/c1-2-9-30(10-3-1)15-19-12-18-8-7-17(11-23(18)26-19)14-31-16-24(28-29-31)20-5-4-6-22-21(20)13-25-27-22/h4-8,11-13,16,26H,1-3,9-10,14-15H2,(H,25,27). The lowest BCUT2D eigenvalue weighted by Gasteiger charge is -2.25. The Morgan fingerprint density at radius 2 is 1.87 bits per heavy atom. The summed E-state index contributed by atoms with van der Waals surface area (Å²) < 4.78 is 1.90. The molecule has 0 spiro atoms. The number of aromatic nitrogens is 6. The Hall–Kier alpha value is -3.45. The molecule has 0 unspecified atom stereocenters. The molecule has 3 aromatic heterocycles. The van der Waals surface area contributed by atoms with Gasteiger partial charge >= 0.3 is 0 Å². The van der Waals surface area contributed by atoms with Crippen LogP contribution in [0.2, 0.25) is 0 Å². The molecule has 1 fully saturated rings. The molecule has 0 amide bonds. The quantitative estimate of drug-likeness (QED) is 0.451. The van der Waals surface area contributed by atoms with Gasteiger partial charge in [0.25, 0.3) is 0 Å². The Balaban J connectivity index is 1.22. The first-order valence-corrected chi connectivity index (χ1v) is 11.0. The highest BCUT2D eigenvalue weighted by Crippen LogP contribution is 2.26. The highest BCUT2D eigenvalue weighted by atomic mass is 15.4. The SMILES string of the molecule is c1cc(-c2cn(Cc3ccc4cc(CN5CCCCC5)[nH]c4c3)nn2)c2cn[nH]c2c1. The van der Waals surface area contributed by atoms with Crippen LogP contribution in [0, 0.1) is 0 Å². The molecule has 4 heterocycles. The van der Waals surface area contributed by atoms with E-state index in [2.05, 4.69) is 60.7 Å². The van der Waals surface area contributed by atoms with Crippen molar-refractivity contribution in [1.82, 2.24) is 35.1 Å². The maximum atomic E-state index is 4.40. The number of nitrogens with one attached hydrogen (secondary N) is 2. The minimum atomic E-state index is 0.685. The monoisotopic (exact) mass is 411 g/mol. The summed E-state index contributed by atoms with van der Waals surface area (Å²) in [4.78, 5) is 6.17. The van der Waals surface area contributed by atoms with Crippen molar-refractivity contribution in [3.63, 3.8) is 0 Å². The molecule has 2 N–H and O–H groups in total. The molecule has 0 aliphatic carbocycles. The van der Waals surface area contributed by atoms with Crippen LogP contribution in [0.15, 0.2) is 54.9 Å². The molecule has 31 heavy (non-hydrogen) atoms. The molecular formula is C24H25N7. The number of fused-ring (bicyclic) bond motifs is 2. The number of hydrogen-bond acceptors (Lipinski definition) is 4. The molecule has 0 atom stereocenters. The van der Waals surface area contributed by atoms with Crippen LogP contribution in [0.4, 0.5) is 0 Å². The second-order valence-electron chi connectivity index (χ2n) is 8.49. The van der Waals surface area contributed by atoms with Gasteiger partial charge in [-0.2, -0.15) is 5.10 Å². The Kier molecular flexibility index (Phi) is 4.53. The third-order valence-corrected chi connectivity index (χ3v) is 6.23. The molecule has 156 valence electrons. The number of likely N-dealkylation sites (tertiary alicyclic amines) is 1. The van der Waals surface area contributed by atoms with E-state index >= 15 is 0 Å². The lowest BCUT2D eigenvalue weighted by atomic mass is 10.1. The molecule has 0 radical (unpaired) electrons. The van der Waals surface area contributed by atoms with Crippen LogP contribution in [0.1, 0.15) is 30.5 Å². The molecule has 7 heteroatoms. The van der Waals surface area contributed by atoms with E-state index in [1.807, 2.05) is 29.2 Å². The van der Waals surface area contributed by atoms with E-state index in [4.69, 9.17) is 0 Å². The van der Waals surface area contributed by atoms with Gasteiger partial charge in [-0.05, 0) is 55.1 Å². The molecule has 5 aromatic rings. The first-order valence-electron chi connectivity index (χ1n) is 11.0. The summed E-state index contributed by atoms with van der Waals surface area (Å²) in [5.74, 6) is 0. The number of benzene rings is 2. The van der Waals surface area contributed by atoms with Gasteiger partial charge in [-0.15, -0.1) is 5.10 Å². The van der Waals surface area contributed by atoms with Gasteiger partial charge in [-0.3, -0.25) is 10.00 Å². The van der Waals surface area contributed by atoms with Crippen LogP contribution in [-0.2, 0) is 13.1 Å². The van der Waals surface area contributed by atoms with Crippen molar-refractivity contribution in [3.8, 4) is 11.3 Å². The zero-order chi connectivity index (χ0) is 20.6. The van der Waals surface area contributed by atoms with E-state index < -0.39 is 0 Å². The van der Waals surface area contributed by atoms with Crippen molar-refractivity contribution in [2.45, 2.75) is 32.4 Å². The number of H-pyrrole nitrogens is 2. The first kappa shape index (κ1) is 18.3. The van der Waals surface area contributed by atoms with Gasteiger partial charge in [0, 0.05) is 28.7 Å². The van der Waals surface area contributed by atoms with Crippen LogP contribution >= 0.6 is 0 Å². The number of aromatic amines is 2. The molecule has 6 rings (SSSR count). The van der Waals surface area contributed by atoms with Crippen LogP contribution in [-0.4, -0.2) is 48.2 Å². The predicted molar refractivity (Wildman–Crippen MR) is 122 cm³/mol. The van der Waals surface area contributed by atoms with Gasteiger partial charge in [0.2, 0.25) is 0 Å². The summed E-state index contributed by atoms with van der Waals surface area (Å²) in [6.07, 6.45) is 7.85. The van der Waals surface area contributed by atoms with E-state index in [1.165, 1.54) is 54.5 Å². The topological polar surface area (TPSA) is 78.4 Å². The van der Waals surface area contributed by atoms with Crippen molar-refractivity contribution in [1.29, 1.82) is 0 Å². The Labute approximate surface area is 180 Å². The number of hydrogen-bond donors (Lipinski definition) is 2. The Bertz CT molecular complexity index is 1340. The van der Waals surface area contributed by atoms with Gasteiger partial charge in [0.1, 0.15) is 5.69 Å². The summed E-state index contributed by atoms with van der Waals surface area (Å²) in [6, 6.07) is 15.0. The van der Waals surface area contributed by atoms with Gasteiger partial charge in [0.05, 0.1) is 24.5 Å². The number of nitrogens with zero attached hydrogens (tertiary/aromatic N) is 5. The van der Waals surface area contributed by atoms with E-state index in [1.54, 1.807) is 0 Å². The maximum Gasteiger partial charge on any atom is 0.113 e. The molecule has 1 aliphatic rings. The smallest absolute Gasteiger partial charge is 0.113 e. The fourth-order valence-corrected chi connectivity index (χ4v) is 4.65. The van der Waals surface area contributed by atoms with Gasteiger partial charge < -0.3 is 4.98 Å². The van der Waals surface area contributed by atoms with Gasteiger partial charge in [-0.1, -0.05) is 35.9 Å². The van der Waals surface area contributed by atoms with Crippen molar-refractivity contribution < 1.29 is 0 Å². The predicted octanol–water partition coefficient (Wildman–Crippen LogP) is 4.34. The van der Waals surface area contributed by atoms with E-state index in [0.717, 1.165) is 28.7 Å². The normalized spacial score (nSPS) is 15.2. The third kappa shape index (κ3) is 3.61. The minimum Gasteiger partial charge on any atom is -0.357 e. The van der Waals surface area contributed by atoms with Crippen LogP contribution in [0.5, 0.6) is 0 Å². The zero-order valence-corrected chi connectivity index (χ0v) is 17.4. The zero-order valence-electron chi connectivity index (χ0n) is 17.4. The first-order chi connectivity index (χ1) is 15.3. The van der Waals surface area contributed by atoms with Gasteiger partial charge in [-0.25, -0.2) is 4.68 Å². The molecular weight excluding hydrogens is 386 g/mol. The van der Waals surface area contributed by atoms with Crippen molar-refractivity contribution in [2.75, 3.05) is 13.1 Å². The fourth-order valence-electron chi connectivity index (χ4n) is 4.65. The van der Waals surface area contributed by atoms with Crippen molar-refractivity contribution >= 4 is 21.8 Å². The lowest BCUT2D eigenvalue weighted by Crippen LogP contribution is -2.29. The number of piperidine rings is 1. The minimum absolute atomic E-state index is 0.685. The Morgan fingerprint density at radius 1 is 0.935 bits per heavy atom. The highest BCUT2D eigenvalue weighted by Gasteiger charge is 2.13. The summed E-state index contributed by atoms with van der Waals surface area (Å²) in [5.41, 5.74) is 6.59. The molecule has 0 saturated carbocycles. The van der Waals surface area contributed by atoms with Crippen molar-refractivity contribution in [3.05, 3.63) is 66.1 Å². The van der Waals surface area contributed by atoms with E-state index in [-0.39, 0.29) is 0 Å². The average molecular weight is 412 g/mol. The van der Waals surface area contributed by atoms with E-state index in [9.17, 15) is 0 Å².